The molecule has 0 fully saturated rings. The van der Waals surface area contributed by atoms with Crippen LogP contribution in [0.25, 0.3) is 0 Å². The Balaban J connectivity index is 2.03. The van der Waals surface area contributed by atoms with Crippen molar-refractivity contribution in [1.82, 2.24) is 9.97 Å². The van der Waals surface area contributed by atoms with E-state index in [4.69, 9.17) is 9.84 Å². The Labute approximate surface area is 110 Å². The van der Waals surface area contributed by atoms with E-state index in [0.717, 1.165) is 11.4 Å². The molecular formula is C14H14N2O3. The van der Waals surface area contributed by atoms with Gasteiger partial charge in [-0.3, -0.25) is 0 Å². The topological polar surface area (TPSA) is 72.3 Å². The van der Waals surface area contributed by atoms with Crippen molar-refractivity contribution in [1.29, 1.82) is 0 Å². The predicted octanol–water partition coefficient (Wildman–Crippen LogP) is 2.37. The summed E-state index contributed by atoms with van der Waals surface area (Å²) in [4.78, 5) is 19.2. The van der Waals surface area contributed by atoms with Crippen LogP contribution in [0, 0.1) is 13.8 Å². The molecule has 0 aliphatic carbocycles. The first-order chi connectivity index (χ1) is 9.04. The Bertz CT molecular complexity index is 574. The summed E-state index contributed by atoms with van der Waals surface area (Å²) >= 11 is 0. The van der Waals surface area contributed by atoms with Gasteiger partial charge in [0.2, 0.25) is 0 Å². The maximum Gasteiger partial charge on any atom is 0.335 e. The highest BCUT2D eigenvalue weighted by atomic mass is 16.5. The Morgan fingerprint density at radius 1 is 1.16 bits per heavy atom. The molecule has 0 aliphatic rings. The van der Waals surface area contributed by atoms with Gasteiger partial charge in [-0.1, -0.05) is 0 Å². The Morgan fingerprint density at radius 2 is 1.74 bits per heavy atom. The lowest BCUT2D eigenvalue weighted by atomic mass is 10.2. The number of nitrogens with zero attached hydrogens (tertiary/aromatic N) is 2. The molecule has 0 spiro atoms. The molecular weight excluding hydrogens is 244 g/mol. The first-order valence-electron chi connectivity index (χ1n) is 5.82. The van der Waals surface area contributed by atoms with Crippen molar-refractivity contribution in [3.8, 4) is 5.75 Å². The third kappa shape index (κ3) is 3.51. The predicted molar refractivity (Wildman–Crippen MR) is 69.2 cm³/mol. The molecule has 0 aliphatic heterocycles. The van der Waals surface area contributed by atoms with Gasteiger partial charge in [0.1, 0.15) is 12.4 Å². The largest absolute Gasteiger partial charge is 0.486 e. The molecule has 1 aromatic heterocycles. The van der Waals surface area contributed by atoms with Gasteiger partial charge in [0.05, 0.1) is 5.56 Å². The third-order valence-corrected chi connectivity index (χ3v) is 2.50. The van der Waals surface area contributed by atoms with Crippen LogP contribution in [0.3, 0.4) is 0 Å². The van der Waals surface area contributed by atoms with Crippen LogP contribution in [0.15, 0.2) is 30.3 Å². The monoisotopic (exact) mass is 258 g/mol. The number of hydrogen-bond donors (Lipinski definition) is 1. The van der Waals surface area contributed by atoms with Crippen LogP contribution < -0.4 is 4.74 Å². The lowest BCUT2D eigenvalue weighted by Crippen LogP contribution is -2.04. The summed E-state index contributed by atoms with van der Waals surface area (Å²) in [5.74, 6) is 0.247. The van der Waals surface area contributed by atoms with Crippen LogP contribution in [0.2, 0.25) is 0 Å². The molecule has 0 saturated carbocycles. The van der Waals surface area contributed by atoms with Crippen molar-refractivity contribution < 1.29 is 14.6 Å². The molecule has 0 saturated heterocycles. The van der Waals surface area contributed by atoms with Crippen molar-refractivity contribution in [3.05, 3.63) is 53.1 Å². The van der Waals surface area contributed by atoms with Gasteiger partial charge >= 0.3 is 5.97 Å². The van der Waals surface area contributed by atoms with E-state index in [0.29, 0.717) is 11.6 Å². The number of carbonyl (C=O) groups is 1. The summed E-state index contributed by atoms with van der Waals surface area (Å²) in [7, 11) is 0. The van der Waals surface area contributed by atoms with Gasteiger partial charge in [-0.15, -0.1) is 0 Å². The number of carboxylic acids is 1. The van der Waals surface area contributed by atoms with Crippen LogP contribution in [0.1, 0.15) is 27.6 Å². The maximum absolute atomic E-state index is 10.7. The van der Waals surface area contributed by atoms with Crippen LogP contribution in [-0.4, -0.2) is 21.0 Å². The molecule has 0 unspecified atom stereocenters. The minimum absolute atomic E-state index is 0.231. The zero-order chi connectivity index (χ0) is 13.8. The summed E-state index contributed by atoms with van der Waals surface area (Å²) in [5.41, 5.74) is 2.02. The SMILES string of the molecule is Cc1cc(C)nc(COc2ccc(C(=O)O)cc2)n1. The van der Waals surface area contributed by atoms with Gasteiger partial charge in [0, 0.05) is 11.4 Å². The van der Waals surface area contributed by atoms with Gasteiger partial charge in [0.25, 0.3) is 0 Å². The molecule has 98 valence electrons. The zero-order valence-electron chi connectivity index (χ0n) is 10.8. The van der Waals surface area contributed by atoms with Crippen LogP contribution in [-0.2, 0) is 6.61 Å². The van der Waals surface area contributed by atoms with Crippen molar-refractivity contribution in [2.24, 2.45) is 0 Å². The Morgan fingerprint density at radius 3 is 2.26 bits per heavy atom. The highest BCUT2D eigenvalue weighted by Gasteiger charge is 2.04. The number of hydrogen-bond acceptors (Lipinski definition) is 4. The molecule has 1 heterocycles. The van der Waals surface area contributed by atoms with E-state index < -0.39 is 5.97 Å². The molecule has 1 aromatic carbocycles. The fraction of sp³-hybridized carbons (Fsp3) is 0.214. The van der Waals surface area contributed by atoms with Gasteiger partial charge in [-0.2, -0.15) is 0 Å². The summed E-state index contributed by atoms with van der Waals surface area (Å²) in [5, 5.41) is 8.78. The van der Waals surface area contributed by atoms with Crippen molar-refractivity contribution in [3.63, 3.8) is 0 Å². The van der Waals surface area contributed by atoms with Crippen LogP contribution in [0.4, 0.5) is 0 Å². The molecule has 2 rings (SSSR count). The molecule has 5 nitrogen and oxygen atoms in total. The molecule has 0 amide bonds. The van der Waals surface area contributed by atoms with Gasteiger partial charge in [0.15, 0.2) is 5.82 Å². The number of aromatic carboxylic acids is 1. The molecule has 0 radical (unpaired) electrons. The maximum atomic E-state index is 10.7. The van der Waals surface area contributed by atoms with Crippen LogP contribution >= 0.6 is 0 Å². The van der Waals surface area contributed by atoms with E-state index in [1.165, 1.54) is 12.1 Å². The normalized spacial score (nSPS) is 10.2. The van der Waals surface area contributed by atoms with E-state index in [9.17, 15) is 4.79 Å². The van der Waals surface area contributed by atoms with E-state index >= 15 is 0 Å². The molecule has 0 bridgehead atoms. The first-order valence-corrected chi connectivity index (χ1v) is 5.82. The number of ether oxygens (including phenoxy) is 1. The van der Waals surface area contributed by atoms with E-state index in [1.807, 2.05) is 19.9 Å². The Kier molecular flexibility index (Phi) is 3.75. The molecule has 1 N–H and O–H groups in total. The van der Waals surface area contributed by atoms with Gasteiger partial charge < -0.3 is 9.84 Å². The number of benzene rings is 1. The van der Waals surface area contributed by atoms with E-state index in [-0.39, 0.29) is 12.2 Å². The fourth-order valence-electron chi connectivity index (χ4n) is 1.71. The zero-order valence-corrected chi connectivity index (χ0v) is 10.8. The molecule has 0 atom stereocenters. The van der Waals surface area contributed by atoms with Crippen molar-refractivity contribution >= 4 is 5.97 Å². The molecule has 2 aromatic rings. The second-order valence-corrected chi connectivity index (χ2v) is 4.19. The summed E-state index contributed by atoms with van der Waals surface area (Å²) < 4.78 is 5.52. The standard InChI is InChI=1S/C14H14N2O3/c1-9-7-10(2)16-13(15-9)8-19-12-5-3-11(4-6-12)14(17)18/h3-7H,8H2,1-2H3,(H,17,18). The second-order valence-electron chi connectivity index (χ2n) is 4.19. The summed E-state index contributed by atoms with van der Waals surface area (Å²) in [6.45, 7) is 4.06. The van der Waals surface area contributed by atoms with Crippen molar-refractivity contribution in [2.45, 2.75) is 20.5 Å². The lowest BCUT2D eigenvalue weighted by Gasteiger charge is -2.06. The van der Waals surface area contributed by atoms with Gasteiger partial charge in [-0.05, 0) is 44.2 Å². The second kappa shape index (κ2) is 5.48. The summed E-state index contributed by atoms with van der Waals surface area (Å²) in [6.07, 6.45) is 0. The minimum Gasteiger partial charge on any atom is -0.486 e. The summed E-state index contributed by atoms with van der Waals surface area (Å²) in [6, 6.07) is 8.13. The fourth-order valence-corrected chi connectivity index (χ4v) is 1.71. The van der Waals surface area contributed by atoms with E-state index in [1.54, 1.807) is 12.1 Å². The quantitative estimate of drug-likeness (QED) is 0.911. The van der Waals surface area contributed by atoms with E-state index in [2.05, 4.69) is 9.97 Å². The first kappa shape index (κ1) is 13.0. The molecule has 5 heteroatoms. The minimum atomic E-state index is -0.954. The average molecular weight is 258 g/mol. The lowest BCUT2D eigenvalue weighted by molar-refractivity contribution is 0.0697. The Hall–Kier alpha value is -2.43. The smallest absolute Gasteiger partial charge is 0.335 e. The molecule has 19 heavy (non-hydrogen) atoms. The van der Waals surface area contributed by atoms with Crippen LogP contribution in [0.5, 0.6) is 5.75 Å². The highest BCUT2D eigenvalue weighted by molar-refractivity contribution is 5.87. The highest BCUT2D eigenvalue weighted by Crippen LogP contribution is 2.13. The third-order valence-electron chi connectivity index (χ3n) is 2.50. The van der Waals surface area contributed by atoms with Gasteiger partial charge in [-0.25, -0.2) is 14.8 Å². The number of carboxylic acid groups (broad SMARTS) is 1. The average Bonchev–Trinajstić information content (AvgIpc) is 2.36. The number of rotatable bonds is 4. The number of aromatic nitrogens is 2. The van der Waals surface area contributed by atoms with Crippen molar-refractivity contribution in [2.75, 3.05) is 0 Å². The number of aryl methyl sites for hydroxylation is 2.